The number of carbonyl (C=O) groups excluding carboxylic acids is 1. The number of ether oxygens (including phenoxy) is 1. The lowest BCUT2D eigenvalue weighted by Crippen LogP contribution is -2.48. The molecule has 1 aliphatic heterocycles. The van der Waals surface area contributed by atoms with Crippen molar-refractivity contribution in [2.75, 3.05) is 25.5 Å². The zero-order valence-electron chi connectivity index (χ0n) is 12.6. The van der Waals surface area contributed by atoms with Gasteiger partial charge in [0.15, 0.2) is 6.10 Å². The Morgan fingerprint density at radius 3 is 2.41 bits per heavy atom. The highest BCUT2D eigenvalue weighted by atomic mass is 16.5. The first kappa shape index (κ1) is 14.8. The van der Waals surface area contributed by atoms with Crippen LogP contribution in [0.25, 0.3) is 0 Å². The Morgan fingerprint density at radius 2 is 1.73 bits per heavy atom. The normalized spacial score (nSPS) is 22.2. The van der Waals surface area contributed by atoms with E-state index in [2.05, 4.69) is 10.2 Å². The monoisotopic (exact) mass is 296 g/mol. The molecular weight excluding hydrogens is 276 g/mol. The van der Waals surface area contributed by atoms with Crippen LogP contribution in [0.15, 0.2) is 60.7 Å². The summed E-state index contributed by atoms with van der Waals surface area (Å²) >= 11 is 0. The van der Waals surface area contributed by atoms with Gasteiger partial charge in [0.2, 0.25) is 0 Å². The molecule has 0 saturated carbocycles. The predicted molar refractivity (Wildman–Crippen MR) is 86.6 cm³/mol. The molecule has 1 saturated heterocycles. The van der Waals surface area contributed by atoms with E-state index in [9.17, 15) is 4.79 Å². The Balaban J connectivity index is 1.81. The molecule has 1 N–H and O–H groups in total. The topological polar surface area (TPSA) is 41.6 Å². The molecular formula is C18H20N2O2. The molecule has 4 nitrogen and oxygen atoms in total. The van der Waals surface area contributed by atoms with Crippen LogP contribution < -0.4 is 5.32 Å². The van der Waals surface area contributed by atoms with Gasteiger partial charge in [-0.25, -0.2) is 0 Å². The SMILES string of the molecule is CN1CCO[C@@H](C(=O)Nc2ccccc2)[C@@H]1c1ccccc1. The Bertz CT molecular complexity index is 615. The minimum atomic E-state index is -0.513. The molecule has 114 valence electrons. The number of nitrogens with zero attached hydrogens (tertiary/aromatic N) is 1. The minimum Gasteiger partial charge on any atom is -0.365 e. The second-order valence-electron chi connectivity index (χ2n) is 5.48. The maximum Gasteiger partial charge on any atom is 0.255 e. The molecule has 1 heterocycles. The van der Waals surface area contributed by atoms with Crippen molar-refractivity contribution in [3.05, 3.63) is 66.2 Å². The summed E-state index contributed by atoms with van der Waals surface area (Å²) in [7, 11) is 2.03. The van der Waals surface area contributed by atoms with Crippen molar-refractivity contribution in [1.29, 1.82) is 0 Å². The van der Waals surface area contributed by atoms with Gasteiger partial charge in [-0.15, -0.1) is 0 Å². The Kier molecular flexibility index (Phi) is 4.51. The van der Waals surface area contributed by atoms with Gasteiger partial charge in [0.05, 0.1) is 12.6 Å². The molecule has 0 radical (unpaired) electrons. The summed E-state index contributed by atoms with van der Waals surface area (Å²) in [5.41, 5.74) is 1.88. The van der Waals surface area contributed by atoms with Gasteiger partial charge in [-0.1, -0.05) is 48.5 Å². The Hall–Kier alpha value is -2.17. The number of para-hydroxylation sites is 1. The van der Waals surface area contributed by atoms with E-state index < -0.39 is 6.10 Å². The molecule has 0 unspecified atom stereocenters. The molecule has 3 rings (SSSR count). The lowest BCUT2D eigenvalue weighted by Gasteiger charge is -2.38. The predicted octanol–water partition coefficient (Wildman–Crippen LogP) is 2.70. The van der Waals surface area contributed by atoms with E-state index in [1.165, 1.54) is 0 Å². The van der Waals surface area contributed by atoms with Gasteiger partial charge in [0.1, 0.15) is 0 Å². The van der Waals surface area contributed by atoms with E-state index in [1.54, 1.807) is 0 Å². The fourth-order valence-corrected chi connectivity index (χ4v) is 2.82. The zero-order valence-corrected chi connectivity index (χ0v) is 12.6. The van der Waals surface area contributed by atoms with E-state index in [0.29, 0.717) is 6.61 Å². The summed E-state index contributed by atoms with van der Waals surface area (Å²) in [6.07, 6.45) is -0.513. The number of nitrogens with one attached hydrogen (secondary N) is 1. The maximum atomic E-state index is 12.6. The zero-order chi connectivity index (χ0) is 15.4. The molecule has 4 heteroatoms. The van der Waals surface area contributed by atoms with E-state index in [-0.39, 0.29) is 11.9 Å². The molecule has 1 fully saturated rings. The largest absolute Gasteiger partial charge is 0.365 e. The standard InChI is InChI=1S/C18H20N2O2/c1-20-12-13-22-17(16(20)14-8-4-2-5-9-14)18(21)19-15-10-6-3-7-11-15/h2-11,16-17H,12-13H2,1H3,(H,19,21)/t16-,17+/m0/s1. The fourth-order valence-electron chi connectivity index (χ4n) is 2.82. The van der Waals surface area contributed by atoms with E-state index in [0.717, 1.165) is 17.8 Å². The molecule has 2 aromatic rings. The van der Waals surface area contributed by atoms with Crippen LogP contribution in [0.1, 0.15) is 11.6 Å². The van der Waals surface area contributed by atoms with E-state index in [1.807, 2.05) is 67.7 Å². The summed E-state index contributed by atoms with van der Waals surface area (Å²) in [5, 5.41) is 2.94. The second kappa shape index (κ2) is 6.73. The second-order valence-corrected chi connectivity index (χ2v) is 5.48. The maximum absolute atomic E-state index is 12.6. The lowest BCUT2D eigenvalue weighted by atomic mass is 9.98. The third-order valence-corrected chi connectivity index (χ3v) is 3.94. The quantitative estimate of drug-likeness (QED) is 0.947. The van der Waals surface area contributed by atoms with Crippen LogP contribution in [0.3, 0.4) is 0 Å². The summed E-state index contributed by atoms with van der Waals surface area (Å²) < 4.78 is 5.80. The van der Waals surface area contributed by atoms with Crippen LogP contribution in [0, 0.1) is 0 Å². The highest BCUT2D eigenvalue weighted by Gasteiger charge is 2.36. The lowest BCUT2D eigenvalue weighted by molar-refractivity contribution is -0.139. The summed E-state index contributed by atoms with van der Waals surface area (Å²) in [6, 6.07) is 19.4. The van der Waals surface area contributed by atoms with Crippen LogP contribution in [0.5, 0.6) is 0 Å². The van der Waals surface area contributed by atoms with Crippen LogP contribution in [-0.2, 0) is 9.53 Å². The van der Waals surface area contributed by atoms with Crippen LogP contribution in [0.2, 0.25) is 0 Å². The van der Waals surface area contributed by atoms with Gasteiger partial charge in [0, 0.05) is 12.2 Å². The Labute approximate surface area is 130 Å². The van der Waals surface area contributed by atoms with Gasteiger partial charge >= 0.3 is 0 Å². The molecule has 2 aromatic carbocycles. The van der Waals surface area contributed by atoms with Crippen LogP contribution in [0.4, 0.5) is 5.69 Å². The van der Waals surface area contributed by atoms with Crippen molar-refractivity contribution in [2.45, 2.75) is 12.1 Å². The third-order valence-electron chi connectivity index (χ3n) is 3.94. The molecule has 0 aromatic heterocycles. The van der Waals surface area contributed by atoms with Crippen molar-refractivity contribution < 1.29 is 9.53 Å². The first-order valence-electron chi connectivity index (χ1n) is 7.48. The number of benzene rings is 2. The Morgan fingerprint density at radius 1 is 1.09 bits per heavy atom. The van der Waals surface area contributed by atoms with Crippen LogP contribution >= 0.6 is 0 Å². The number of anilines is 1. The first-order valence-corrected chi connectivity index (χ1v) is 7.48. The molecule has 1 amide bonds. The molecule has 0 spiro atoms. The number of morpholine rings is 1. The van der Waals surface area contributed by atoms with Crippen LogP contribution in [-0.4, -0.2) is 37.1 Å². The van der Waals surface area contributed by atoms with Crippen molar-refractivity contribution in [2.24, 2.45) is 0 Å². The number of amides is 1. The molecule has 22 heavy (non-hydrogen) atoms. The number of likely N-dealkylation sites (N-methyl/N-ethyl adjacent to an activating group) is 1. The van der Waals surface area contributed by atoms with Gasteiger partial charge in [-0.3, -0.25) is 9.69 Å². The summed E-state index contributed by atoms with van der Waals surface area (Å²) in [5.74, 6) is -0.105. The van der Waals surface area contributed by atoms with Crippen molar-refractivity contribution >= 4 is 11.6 Å². The smallest absolute Gasteiger partial charge is 0.255 e. The number of rotatable bonds is 3. The average molecular weight is 296 g/mol. The van der Waals surface area contributed by atoms with Gasteiger partial charge in [-0.05, 0) is 24.7 Å². The minimum absolute atomic E-state index is 0.0707. The number of hydrogen-bond acceptors (Lipinski definition) is 3. The molecule has 2 atom stereocenters. The summed E-state index contributed by atoms with van der Waals surface area (Å²) in [4.78, 5) is 14.8. The van der Waals surface area contributed by atoms with Crippen molar-refractivity contribution in [1.82, 2.24) is 4.90 Å². The molecule has 0 aliphatic carbocycles. The summed E-state index contributed by atoms with van der Waals surface area (Å²) in [6.45, 7) is 1.38. The number of hydrogen-bond donors (Lipinski definition) is 1. The van der Waals surface area contributed by atoms with E-state index >= 15 is 0 Å². The highest BCUT2D eigenvalue weighted by molar-refractivity contribution is 5.94. The third kappa shape index (κ3) is 3.18. The first-order chi connectivity index (χ1) is 10.8. The highest BCUT2D eigenvalue weighted by Crippen LogP contribution is 2.29. The van der Waals surface area contributed by atoms with E-state index in [4.69, 9.17) is 4.74 Å². The van der Waals surface area contributed by atoms with Gasteiger partial charge in [0.25, 0.3) is 5.91 Å². The van der Waals surface area contributed by atoms with Crippen molar-refractivity contribution in [3.63, 3.8) is 0 Å². The molecule has 1 aliphatic rings. The van der Waals surface area contributed by atoms with Crippen molar-refractivity contribution in [3.8, 4) is 0 Å². The molecule has 0 bridgehead atoms. The van der Waals surface area contributed by atoms with Gasteiger partial charge < -0.3 is 10.1 Å². The average Bonchev–Trinajstić information content (AvgIpc) is 2.56. The number of carbonyl (C=O) groups is 1. The fraction of sp³-hybridized carbons (Fsp3) is 0.278. The van der Waals surface area contributed by atoms with Gasteiger partial charge in [-0.2, -0.15) is 0 Å².